The number of thioether (sulfide) groups is 1. The zero-order chi connectivity index (χ0) is 20.8. The molecule has 0 spiro atoms. The molecule has 3 rings (SSSR count). The second-order valence-electron chi connectivity index (χ2n) is 7.58. The van der Waals surface area contributed by atoms with E-state index in [1.54, 1.807) is 4.90 Å². The summed E-state index contributed by atoms with van der Waals surface area (Å²) in [5.41, 5.74) is 2.58. The van der Waals surface area contributed by atoms with E-state index in [-0.39, 0.29) is 18.2 Å². The lowest BCUT2D eigenvalue weighted by Gasteiger charge is -2.17. The lowest BCUT2D eigenvalue weighted by Crippen LogP contribution is -2.34. The van der Waals surface area contributed by atoms with Crippen molar-refractivity contribution in [3.8, 4) is 0 Å². The first kappa shape index (κ1) is 21.1. The smallest absolute Gasteiger partial charge is 0.242 e. The fourth-order valence-electron chi connectivity index (χ4n) is 3.01. The van der Waals surface area contributed by atoms with Gasteiger partial charge in [0, 0.05) is 18.7 Å². The number of nitrogens with one attached hydrogen (secondary N) is 1. The Morgan fingerprint density at radius 3 is 2.52 bits per heavy atom. The van der Waals surface area contributed by atoms with Gasteiger partial charge in [0.05, 0.1) is 5.69 Å². The Bertz CT molecular complexity index is 896. The van der Waals surface area contributed by atoms with Crippen LogP contribution >= 0.6 is 11.8 Å². The van der Waals surface area contributed by atoms with Gasteiger partial charge < -0.3 is 5.32 Å². The summed E-state index contributed by atoms with van der Waals surface area (Å²) in [5.74, 6) is 0.286. The van der Waals surface area contributed by atoms with Crippen molar-refractivity contribution < 1.29 is 9.59 Å². The summed E-state index contributed by atoms with van der Waals surface area (Å²) < 4.78 is 0. The van der Waals surface area contributed by atoms with E-state index in [0.717, 1.165) is 23.4 Å². The Morgan fingerprint density at radius 1 is 1.14 bits per heavy atom. The summed E-state index contributed by atoms with van der Waals surface area (Å²) in [6.45, 7) is 6.83. The van der Waals surface area contributed by atoms with Crippen molar-refractivity contribution in [2.75, 3.05) is 11.9 Å². The largest absolute Gasteiger partial charge is 0.326 e. The third-order valence-corrected chi connectivity index (χ3v) is 5.90. The van der Waals surface area contributed by atoms with Crippen molar-refractivity contribution >= 4 is 40.1 Å². The highest BCUT2D eigenvalue weighted by molar-refractivity contribution is 8.15. The first-order valence-electron chi connectivity index (χ1n) is 9.91. The van der Waals surface area contributed by atoms with Gasteiger partial charge in [0.2, 0.25) is 11.8 Å². The zero-order valence-electron chi connectivity index (χ0n) is 17.1. The molecule has 0 bridgehead atoms. The van der Waals surface area contributed by atoms with E-state index in [0.29, 0.717) is 17.6 Å². The minimum atomic E-state index is -0.450. The molecule has 0 unspecified atom stereocenters. The highest BCUT2D eigenvalue weighted by Crippen LogP contribution is 2.32. The van der Waals surface area contributed by atoms with Crippen LogP contribution in [0.4, 0.5) is 11.4 Å². The summed E-state index contributed by atoms with van der Waals surface area (Å²) >= 11 is 1.38. The molecule has 0 aromatic heterocycles. The predicted molar refractivity (Wildman–Crippen MR) is 121 cm³/mol. The highest BCUT2D eigenvalue weighted by Gasteiger charge is 2.39. The van der Waals surface area contributed by atoms with Crippen molar-refractivity contribution in [3.05, 3.63) is 60.2 Å². The molecule has 152 valence electrons. The molecule has 1 aliphatic heterocycles. The summed E-state index contributed by atoms with van der Waals surface area (Å²) in [6.07, 6.45) is 1.02. The van der Waals surface area contributed by atoms with Gasteiger partial charge in [-0.2, -0.15) is 0 Å². The normalized spacial score (nSPS) is 17.9. The molecule has 1 saturated heterocycles. The lowest BCUT2D eigenvalue weighted by molar-refractivity contribution is -0.128. The number of hydrogen-bond donors (Lipinski definition) is 1. The van der Waals surface area contributed by atoms with Gasteiger partial charge in [0.15, 0.2) is 5.17 Å². The molecular weight excluding hydrogens is 382 g/mol. The van der Waals surface area contributed by atoms with Crippen LogP contribution < -0.4 is 5.32 Å². The number of carbonyl (C=O) groups excluding carboxylic acids is 2. The average molecular weight is 410 g/mol. The van der Waals surface area contributed by atoms with E-state index in [1.165, 1.54) is 11.8 Å². The van der Waals surface area contributed by atoms with E-state index in [2.05, 4.69) is 24.2 Å². The van der Waals surface area contributed by atoms with Crippen LogP contribution in [-0.4, -0.2) is 33.7 Å². The highest BCUT2D eigenvalue weighted by atomic mass is 32.2. The molecular formula is C23H27N3O2S. The molecule has 0 radical (unpaired) electrons. The fraction of sp³-hybridized carbons (Fsp3) is 0.348. The van der Waals surface area contributed by atoms with E-state index in [4.69, 9.17) is 0 Å². The molecule has 1 aliphatic rings. The Labute approximate surface area is 176 Å². The van der Waals surface area contributed by atoms with Gasteiger partial charge >= 0.3 is 0 Å². The van der Waals surface area contributed by atoms with Gasteiger partial charge in [-0.1, -0.05) is 62.0 Å². The maximum absolute atomic E-state index is 13.0. The molecule has 5 nitrogen and oxygen atoms in total. The minimum Gasteiger partial charge on any atom is -0.326 e. The zero-order valence-corrected chi connectivity index (χ0v) is 17.9. The van der Waals surface area contributed by atoms with Crippen LogP contribution in [0.1, 0.15) is 32.3 Å². The molecule has 1 fully saturated rings. The number of para-hydroxylation sites is 2. The molecule has 0 aliphatic carbocycles. The van der Waals surface area contributed by atoms with Crippen molar-refractivity contribution in [2.24, 2.45) is 10.9 Å². The molecule has 2 amide bonds. The Hall–Kier alpha value is -2.60. The summed E-state index contributed by atoms with van der Waals surface area (Å²) in [7, 11) is 0. The fourth-order valence-corrected chi connectivity index (χ4v) is 4.20. The van der Waals surface area contributed by atoms with Crippen LogP contribution in [0.15, 0.2) is 59.6 Å². The first-order chi connectivity index (χ1) is 13.9. The van der Waals surface area contributed by atoms with Gasteiger partial charge in [-0.15, -0.1) is 0 Å². The summed E-state index contributed by atoms with van der Waals surface area (Å²) in [5, 5.41) is 3.15. The van der Waals surface area contributed by atoms with Crippen LogP contribution in [0, 0.1) is 12.8 Å². The maximum Gasteiger partial charge on any atom is 0.242 e. The molecule has 1 N–H and O–H groups in total. The van der Waals surface area contributed by atoms with Gasteiger partial charge in [-0.3, -0.25) is 14.5 Å². The number of hydrogen-bond acceptors (Lipinski definition) is 4. The van der Waals surface area contributed by atoms with Crippen LogP contribution in [0.5, 0.6) is 0 Å². The van der Waals surface area contributed by atoms with Gasteiger partial charge in [-0.05, 0) is 43.0 Å². The number of anilines is 1. The SMILES string of the molecule is Cc1ccccc1NC(=O)C[C@@H]1SC(=Nc2ccccc2)N(CCC(C)C)C1=O. The quantitative estimate of drug-likeness (QED) is 0.700. The number of aryl methyl sites for hydroxylation is 1. The molecule has 29 heavy (non-hydrogen) atoms. The number of carbonyl (C=O) groups is 2. The van der Waals surface area contributed by atoms with Gasteiger partial charge in [0.25, 0.3) is 0 Å². The van der Waals surface area contributed by atoms with Gasteiger partial charge in [0.1, 0.15) is 5.25 Å². The number of aliphatic imine (C=N–C) groups is 1. The molecule has 1 atom stereocenters. The molecule has 0 saturated carbocycles. The number of rotatable bonds is 7. The predicted octanol–water partition coefficient (Wildman–Crippen LogP) is 5.00. The summed E-state index contributed by atoms with van der Waals surface area (Å²) in [6, 6.07) is 17.2. The molecule has 2 aromatic carbocycles. The van der Waals surface area contributed by atoms with Crippen molar-refractivity contribution in [3.63, 3.8) is 0 Å². The number of amides is 2. The second kappa shape index (κ2) is 9.74. The Kier molecular flexibility index (Phi) is 7.09. The third kappa shape index (κ3) is 5.70. The molecule has 6 heteroatoms. The van der Waals surface area contributed by atoms with E-state index < -0.39 is 5.25 Å². The Balaban J connectivity index is 1.73. The number of benzene rings is 2. The molecule has 1 heterocycles. The van der Waals surface area contributed by atoms with Crippen LogP contribution in [0.25, 0.3) is 0 Å². The van der Waals surface area contributed by atoms with Crippen molar-refractivity contribution in [2.45, 2.75) is 38.9 Å². The van der Waals surface area contributed by atoms with Crippen molar-refractivity contribution in [1.82, 2.24) is 4.90 Å². The third-order valence-electron chi connectivity index (χ3n) is 4.72. The Morgan fingerprint density at radius 2 is 1.83 bits per heavy atom. The topological polar surface area (TPSA) is 61.8 Å². The molecule has 2 aromatic rings. The van der Waals surface area contributed by atoms with E-state index in [1.807, 2.05) is 61.5 Å². The monoisotopic (exact) mass is 409 g/mol. The number of amidine groups is 1. The summed E-state index contributed by atoms with van der Waals surface area (Å²) in [4.78, 5) is 32.0. The standard InChI is InChI=1S/C23H27N3O2S/c1-16(2)13-14-26-22(28)20(29-23(26)24-18-10-5-4-6-11-18)15-21(27)25-19-12-8-7-9-17(19)3/h4-12,16,20H,13-15H2,1-3H3,(H,25,27)/t20-/m0/s1. The average Bonchev–Trinajstić information content (AvgIpc) is 2.97. The van der Waals surface area contributed by atoms with Crippen LogP contribution in [0.3, 0.4) is 0 Å². The first-order valence-corrected chi connectivity index (χ1v) is 10.8. The number of nitrogens with zero attached hydrogens (tertiary/aromatic N) is 2. The lowest BCUT2D eigenvalue weighted by atomic mass is 10.1. The van der Waals surface area contributed by atoms with Crippen LogP contribution in [-0.2, 0) is 9.59 Å². The van der Waals surface area contributed by atoms with Crippen molar-refractivity contribution in [1.29, 1.82) is 0 Å². The maximum atomic E-state index is 13.0. The van der Waals surface area contributed by atoms with E-state index >= 15 is 0 Å². The second-order valence-corrected chi connectivity index (χ2v) is 8.75. The van der Waals surface area contributed by atoms with Crippen LogP contribution in [0.2, 0.25) is 0 Å². The van der Waals surface area contributed by atoms with E-state index in [9.17, 15) is 9.59 Å². The minimum absolute atomic E-state index is 0.0368. The van der Waals surface area contributed by atoms with Gasteiger partial charge in [-0.25, -0.2) is 4.99 Å².